The predicted octanol–water partition coefficient (Wildman–Crippen LogP) is 2.17. The highest BCUT2D eigenvalue weighted by atomic mass is 79.9. The van der Waals surface area contributed by atoms with Gasteiger partial charge < -0.3 is 0 Å². The number of halogens is 1. The number of carbonyl (C=O) groups excluding carboxylic acids is 1. The molecule has 1 aliphatic heterocycles. The largest absolute Gasteiger partial charge is 0.298 e. The van der Waals surface area contributed by atoms with Gasteiger partial charge in [-0.15, -0.1) is 0 Å². The van der Waals surface area contributed by atoms with Crippen molar-refractivity contribution in [3.8, 4) is 0 Å². The molecule has 0 aromatic heterocycles. The molecular weight excluding hydrogens is 256 g/mol. The van der Waals surface area contributed by atoms with Crippen LogP contribution in [0.1, 0.15) is 10.4 Å². The third-order valence-corrected chi connectivity index (χ3v) is 3.47. The Hall–Kier alpha value is -1.29. The summed E-state index contributed by atoms with van der Waals surface area (Å²) in [6.07, 6.45) is 3.86. The highest BCUT2D eigenvalue weighted by Gasteiger charge is 2.38. The number of aldehydes is 1. The second-order valence-corrected chi connectivity index (χ2v) is 4.15. The third kappa shape index (κ3) is 1.77. The van der Waals surface area contributed by atoms with Crippen LogP contribution in [0.4, 0.5) is 0 Å². The summed E-state index contributed by atoms with van der Waals surface area (Å²) >= 11 is 3.47. The Morgan fingerprint density at radius 3 is 2.33 bits per heavy atom. The molecule has 0 amide bonds. The van der Waals surface area contributed by atoms with Gasteiger partial charge in [0.05, 0.1) is 4.83 Å². The van der Waals surface area contributed by atoms with Gasteiger partial charge in [0.1, 0.15) is 0 Å². The minimum absolute atomic E-state index is 0.223. The second kappa shape index (κ2) is 4.06. The summed E-state index contributed by atoms with van der Waals surface area (Å²) in [7, 11) is 0. The number of hydrogen-bond acceptors (Lipinski definition) is 3. The molecule has 1 aromatic rings. The summed E-state index contributed by atoms with van der Waals surface area (Å²) in [4.78, 5) is 19.1. The van der Waals surface area contributed by atoms with Gasteiger partial charge in [0.25, 0.3) is 0 Å². The molecule has 0 N–H and O–H groups in total. The van der Waals surface area contributed by atoms with Crippen molar-refractivity contribution in [2.75, 3.05) is 0 Å². The fourth-order valence-corrected chi connectivity index (χ4v) is 2.11. The molecule has 0 spiro atoms. The topological polar surface area (TPSA) is 41.8 Å². The Kier molecular flexibility index (Phi) is 2.77. The van der Waals surface area contributed by atoms with Crippen molar-refractivity contribution in [1.29, 1.82) is 0 Å². The molecule has 0 aliphatic carbocycles. The van der Waals surface area contributed by atoms with E-state index in [0.717, 1.165) is 11.8 Å². The zero-order valence-corrected chi connectivity index (χ0v) is 9.46. The van der Waals surface area contributed by atoms with Crippen LogP contribution < -0.4 is 0 Å². The van der Waals surface area contributed by atoms with Gasteiger partial charge >= 0.3 is 0 Å². The van der Waals surface area contributed by atoms with Gasteiger partial charge in [-0.25, -0.2) is 0 Å². The Morgan fingerprint density at radius 2 is 1.80 bits per heavy atom. The molecule has 0 bridgehead atoms. The van der Waals surface area contributed by atoms with Crippen molar-refractivity contribution in [2.24, 2.45) is 9.98 Å². The summed E-state index contributed by atoms with van der Waals surface area (Å²) in [5.41, 5.74) is -0.0396. The van der Waals surface area contributed by atoms with E-state index < -0.39 is 5.66 Å². The summed E-state index contributed by atoms with van der Waals surface area (Å²) in [6, 6.07) is 9.65. The van der Waals surface area contributed by atoms with Crippen LogP contribution in [-0.4, -0.2) is 24.4 Å². The molecule has 1 heterocycles. The molecular formula is C11H9BrN2O. The van der Waals surface area contributed by atoms with Crippen LogP contribution in [0.25, 0.3) is 0 Å². The van der Waals surface area contributed by atoms with Crippen LogP contribution in [0.3, 0.4) is 0 Å². The molecule has 0 fully saturated rings. The maximum absolute atomic E-state index is 11.1. The number of rotatable bonds is 3. The molecule has 3 nitrogen and oxygen atoms in total. The molecule has 2 rings (SSSR count). The Morgan fingerprint density at radius 1 is 1.20 bits per heavy atom. The lowest BCUT2D eigenvalue weighted by atomic mass is 10.0. The highest BCUT2D eigenvalue weighted by molar-refractivity contribution is 9.09. The van der Waals surface area contributed by atoms with E-state index in [-0.39, 0.29) is 4.83 Å². The van der Waals surface area contributed by atoms with Gasteiger partial charge in [0, 0.05) is 12.4 Å². The van der Waals surface area contributed by atoms with Gasteiger partial charge in [-0.3, -0.25) is 14.8 Å². The van der Waals surface area contributed by atoms with Crippen LogP contribution in [-0.2, 0) is 4.79 Å². The second-order valence-electron chi connectivity index (χ2n) is 3.23. The van der Waals surface area contributed by atoms with Crippen LogP contribution >= 0.6 is 15.9 Å². The molecule has 0 saturated heterocycles. The van der Waals surface area contributed by atoms with Gasteiger partial charge in [0.2, 0.25) is 5.66 Å². The van der Waals surface area contributed by atoms with Crippen molar-refractivity contribution in [3.05, 3.63) is 35.9 Å². The van der Waals surface area contributed by atoms with Crippen molar-refractivity contribution in [2.45, 2.75) is 10.5 Å². The quantitative estimate of drug-likeness (QED) is 0.610. The van der Waals surface area contributed by atoms with Crippen LogP contribution in [0.15, 0.2) is 40.3 Å². The lowest BCUT2D eigenvalue weighted by Crippen LogP contribution is -2.29. The predicted molar refractivity (Wildman–Crippen MR) is 63.9 cm³/mol. The lowest BCUT2D eigenvalue weighted by Gasteiger charge is -2.22. The van der Waals surface area contributed by atoms with Crippen LogP contribution in [0.2, 0.25) is 0 Å². The number of benzene rings is 1. The summed E-state index contributed by atoms with van der Waals surface area (Å²) < 4.78 is 0. The van der Waals surface area contributed by atoms with E-state index >= 15 is 0 Å². The zero-order valence-electron chi connectivity index (χ0n) is 7.88. The van der Waals surface area contributed by atoms with Crippen molar-refractivity contribution < 1.29 is 4.79 Å². The van der Waals surface area contributed by atoms with E-state index in [0.29, 0.717) is 0 Å². The van der Waals surface area contributed by atoms with E-state index in [9.17, 15) is 4.79 Å². The van der Waals surface area contributed by atoms with E-state index in [1.165, 1.54) is 0 Å². The van der Waals surface area contributed by atoms with E-state index in [1.54, 1.807) is 12.4 Å². The Bertz CT molecular complexity index is 402. The molecule has 1 aliphatic rings. The molecule has 15 heavy (non-hydrogen) atoms. The van der Waals surface area contributed by atoms with Crippen LogP contribution in [0, 0.1) is 0 Å². The van der Waals surface area contributed by atoms with Crippen molar-refractivity contribution >= 4 is 34.6 Å². The lowest BCUT2D eigenvalue weighted by molar-refractivity contribution is -0.111. The zero-order chi connectivity index (χ0) is 10.7. The maximum Gasteiger partial charge on any atom is 0.221 e. The van der Waals surface area contributed by atoms with E-state index in [4.69, 9.17) is 0 Å². The normalized spacial score (nSPS) is 19.0. The molecule has 4 heteroatoms. The number of carbonyl (C=O) groups is 1. The van der Waals surface area contributed by atoms with Gasteiger partial charge in [0.15, 0.2) is 6.29 Å². The number of nitrogens with zero attached hydrogens (tertiary/aromatic N) is 2. The van der Waals surface area contributed by atoms with Gasteiger partial charge in [-0.1, -0.05) is 46.3 Å². The fourth-order valence-electron chi connectivity index (χ4n) is 1.46. The van der Waals surface area contributed by atoms with Crippen molar-refractivity contribution in [1.82, 2.24) is 0 Å². The molecule has 1 aromatic carbocycles. The summed E-state index contributed by atoms with van der Waals surface area (Å²) in [5.74, 6) is 0. The van der Waals surface area contributed by atoms with E-state index in [1.807, 2.05) is 30.3 Å². The third-order valence-electron chi connectivity index (χ3n) is 2.27. The average Bonchev–Trinajstić information content (AvgIpc) is 2.79. The van der Waals surface area contributed by atoms with Crippen molar-refractivity contribution in [3.63, 3.8) is 0 Å². The molecule has 76 valence electrons. The molecule has 1 atom stereocenters. The van der Waals surface area contributed by atoms with Crippen LogP contribution in [0.5, 0.6) is 0 Å². The minimum Gasteiger partial charge on any atom is -0.298 e. The maximum atomic E-state index is 11.1. The summed E-state index contributed by atoms with van der Waals surface area (Å²) in [6.45, 7) is 0. The number of hydrogen-bond donors (Lipinski definition) is 0. The molecule has 0 saturated carbocycles. The first-order chi connectivity index (χ1) is 7.28. The SMILES string of the molecule is O=CC1(C(Br)c2ccccc2)N=CC=N1. The van der Waals surface area contributed by atoms with Gasteiger partial charge in [-0.05, 0) is 5.56 Å². The van der Waals surface area contributed by atoms with E-state index in [2.05, 4.69) is 25.9 Å². The number of alkyl halides is 1. The minimum atomic E-state index is -1.03. The number of aliphatic imine (C=N–C) groups is 2. The molecule has 1 unspecified atom stereocenters. The first-order valence-corrected chi connectivity index (χ1v) is 5.44. The Labute approximate surface area is 96.1 Å². The Balaban J connectivity index is 2.35. The molecule has 0 radical (unpaired) electrons. The first kappa shape index (κ1) is 10.2. The standard InChI is InChI=1S/C11H9BrN2O/c12-10(9-4-2-1-3-5-9)11(8-15)13-6-7-14-11/h1-8,10H. The average molecular weight is 265 g/mol. The summed E-state index contributed by atoms with van der Waals surface area (Å²) in [5, 5.41) is 0. The van der Waals surface area contributed by atoms with Gasteiger partial charge in [-0.2, -0.15) is 0 Å². The monoisotopic (exact) mass is 264 g/mol. The fraction of sp³-hybridized carbons (Fsp3) is 0.182. The first-order valence-electron chi connectivity index (χ1n) is 4.53. The smallest absolute Gasteiger partial charge is 0.221 e. The highest BCUT2D eigenvalue weighted by Crippen LogP contribution is 2.37.